The molecule has 2 aromatic rings. The zero-order valence-electron chi connectivity index (χ0n) is 12.5. The van der Waals surface area contributed by atoms with Crippen molar-refractivity contribution in [2.45, 2.75) is 16.7 Å². The first-order chi connectivity index (χ1) is 10.6. The van der Waals surface area contributed by atoms with Gasteiger partial charge in [-0.1, -0.05) is 49.1 Å². The van der Waals surface area contributed by atoms with Crippen molar-refractivity contribution in [3.05, 3.63) is 66.2 Å². The van der Waals surface area contributed by atoms with Crippen LogP contribution >= 0.6 is 0 Å². The SMILES string of the molecule is C=Cc1ccccc1S(N)(=O)=O.Cc1ccccc1S(N)(=O)=O. The Morgan fingerprint density at radius 3 is 1.61 bits per heavy atom. The van der Waals surface area contributed by atoms with Crippen LogP contribution in [0.2, 0.25) is 0 Å². The van der Waals surface area contributed by atoms with Crippen molar-refractivity contribution in [2.24, 2.45) is 10.3 Å². The lowest BCUT2D eigenvalue weighted by Crippen LogP contribution is -2.13. The summed E-state index contributed by atoms with van der Waals surface area (Å²) in [7, 11) is -7.15. The fourth-order valence-electron chi connectivity index (χ4n) is 1.78. The molecule has 0 aliphatic rings. The highest BCUT2D eigenvalue weighted by Gasteiger charge is 2.10. The molecule has 0 aliphatic heterocycles. The predicted molar refractivity (Wildman–Crippen MR) is 90.5 cm³/mol. The monoisotopic (exact) mass is 354 g/mol. The van der Waals surface area contributed by atoms with Crippen LogP contribution in [-0.4, -0.2) is 16.8 Å². The molecule has 23 heavy (non-hydrogen) atoms. The minimum absolute atomic E-state index is 0.111. The number of hydrogen-bond donors (Lipinski definition) is 2. The predicted octanol–water partition coefficient (Wildman–Crippen LogP) is 1.62. The van der Waals surface area contributed by atoms with Crippen LogP contribution in [0.15, 0.2) is 64.9 Å². The van der Waals surface area contributed by atoms with Crippen molar-refractivity contribution in [2.75, 3.05) is 0 Å². The highest BCUT2D eigenvalue weighted by molar-refractivity contribution is 7.89. The summed E-state index contributed by atoms with van der Waals surface area (Å²) in [5, 5.41) is 9.89. The zero-order valence-corrected chi connectivity index (χ0v) is 14.1. The molecule has 124 valence electrons. The zero-order chi connectivity index (χ0) is 17.7. The van der Waals surface area contributed by atoms with Gasteiger partial charge in [0.25, 0.3) is 0 Å². The minimum atomic E-state index is -3.62. The van der Waals surface area contributed by atoms with Gasteiger partial charge < -0.3 is 0 Å². The number of sulfonamides is 2. The van der Waals surface area contributed by atoms with Gasteiger partial charge in [0, 0.05) is 0 Å². The van der Waals surface area contributed by atoms with E-state index in [1.165, 1.54) is 18.2 Å². The molecule has 0 aliphatic carbocycles. The van der Waals surface area contributed by atoms with Gasteiger partial charge in [-0.25, -0.2) is 27.1 Å². The maximum Gasteiger partial charge on any atom is 0.238 e. The van der Waals surface area contributed by atoms with E-state index in [4.69, 9.17) is 10.3 Å². The molecule has 0 fully saturated rings. The van der Waals surface area contributed by atoms with Crippen LogP contribution in [-0.2, 0) is 20.0 Å². The van der Waals surface area contributed by atoms with E-state index in [0.717, 1.165) is 0 Å². The molecule has 6 nitrogen and oxygen atoms in total. The topological polar surface area (TPSA) is 120 Å². The van der Waals surface area contributed by atoms with Gasteiger partial charge >= 0.3 is 0 Å². The summed E-state index contributed by atoms with van der Waals surface area (Å²) in [5.41, 5.74) is 1.20. The Hall–Kier alpha value is -2.00. The average Bonchev–Trinajstić information content (AvgIpc) is 2.46. The Balaban J connectivity index is 0.000000231. The number of primary sulfonamides is 2. The number of aryl methyl sites for hydroxylation is 1. The van der Waals surface area contributed by atoms with E-state index in [0.29, 0.717) is 11.1 Å². The van der Waals surface area contributed by atoms with Crippen LogP contribution in [0.5, 0.6) is 0 Å². The Kier molecular flexibility index (Phi) is 6.22. The Morgan fingerprint density at radius 2 is 1.26 bits per heavy atom. The lowest BCUT2D eigenvalue weighted by molar-refractivity contribution is 0.595. The fraction of sp³-hybridized carbons (Fsp3) is 0.0667. The normalized spacial score (nSPS) is 11.3. The van der Waals surface area contributed by atoms with E-state index in [1.807, 2.05) is 0 Å². The molecule has 8 heteroatoms. The number of benzene rings is 2. The molecule has 0 saturated heterocycles. The van der Waals surface area contributed by atoms with E-state index in [9.17, 15) is 16.8 Å². The lowest BCUT2D eigenvalue weighted by Gasteiger charge is -2.01. The highest BCUT2D eigenvalue weighted by atomic mass is 32.2. The summed E-state index contributed by atoms with van der Waals surface area (Å²) in [6, 6.07) is 13.1. The van der Waals surface area contributed by atoms with Gasteiger partial charge in [-0.2, -0.15) is 0 Å². The molecule has 0 radical (unpaired) electrons. The van der Waals surface area contributed by atoms with Crippen molar-refractivity contribution in [1.82, 2.24) is 0 Å². The van der Waals surface area contributed by atoms with Crippen molar-refractivity contribution < 1.29 is 16.8 Å². The third-order valence-corrected chi connectivity index (χ3v) is 4.90. The first-order valence-corrected chi connectivity index (χ1v) is 9.49. The Morgan fingerprint density at radius 1 is 0.826 bits per heavy atom. The molecular formula is C15H18N2O4S2. The average molecular weight is 354 g/mol. The molecule has 0 spiro atoms. The summed E-state index contributed by atoms with van der Waals surface area (Å²) in [5.74, 6) is 0. The fourth-order valence-corrected chi connectivity index (χ4v) is 3.32. The summed E-state index contributed by atoms with van der Waals surface area (Å²) >= 11 is 0. The molecular weight excluding hydrogens is 336 g/mol. The van der Waals surface area contributed by atoms with Gasteiger partial charge in [0.2, 0.25) is 20.0 Å². The van der Waals surface area contributed by atoms with E-state index in [-0.39, 0.29) is 9.79 Å². The first-order valence-electron chi connectivity index (χ1n) is 6.40. The van der Waals surface area contributed by atoms with Gasteiger partial charge in [0.1, 0.15) is 0 Å². The molecule has 2 rings (SSSR count). The Labute approximate surface area is 136 Å². The van der Waals surface area contributed by atoms with Crippen molar-refractivity contribution in [3.63, 3.8) is 0 Å². The summed E-state index contributed by atoms with van der Waals surface area (Å²) in [6.45, 7) is 5.19. The van der Waals surface area contributed by atoms with E-state index >= 15 is 0 Å². The molecule has 0 amide bonds. The van der Waals surface area contributed by atoms with Gasteiger partial charge in [-0.3, -0.25) is 0 Å². The van der Waals surface area contributed by atoms with E-state index in [2.05, 4.69) is 6.58 Å². The second-order valence-corrected chi connectivity index (χ2v) is 7.66. The highest BCUT2D eigenvalue weighted by Crippen LogP contribution is 2.14. The summed E-state index contributed by atoms with van der Waals surface area (Å²) < 4.78 is 43.5. The standard InChI is InChI=1S/C8H9NO2S.C7H9NO2S/c1-2-7-5-3-4-6-8(7)12(9,10)11;1-6-4-2-3-5-7(6)11(8,9)10/h2-6H,1H2,(H2,9,10,11);2-5H,1H3,(H2,8,9,10). The van der Waals surface area contributed by atoms with Gasteiger partial charge in [0.05, 0.1) is 9.79 Å². The van der Waals surface area contributed by atoms with E-state index in [1.54, 1.807) is 43.3 Å². The van der Waals surface area contributed by atoms with Crippen molar-refractivity contribution >= 4 is 26.1 Å². The van der Waals surface area contributed by atoms with Gasteiger partial charge in [-0.15, -0.1) is 0 Å². The second-order valence-electron chi connectivity index (χ2n) is 4.60. The van der Waals surface area contributed by atoms with Crippen LogP contribution in [0.25, 0.3) is 6.08 Å². The molecule has 0 heterocycles. The molecule has 4 N–H and O–H groups in total. The quantitative estimate of drug-likeness (QED) is 0.870. The van der Waals surface area contributed by atoms with Crippen LogP contribution in [0, 0.1) is 6.92 Å². The molecule has 2 aromatic carbocycles. The maximum absolute atomic E-state index is 10.9. The number of rotatable bonds is 3. The van der Waals surface area contributed by atoms with E-state index < -0.39 is 20.0 Å². The lowest BCUT2D eigenvalue weighted by atomic mass is 10.2. The van der Waals surface area contributed by atoms with Crippen LogP contribution in [0.1, 0.15) is 11.1 Å². The summed E-state index contributed by atoms with van der Waals surface area (Å²) in [6.07, 6.45) is 1.46. The van der Waals surface area contributed by atoms with Gasteiger partial charge in [-0.05, 0) is 30.2 Å². The van der Waals surface area contributed by atoms with Crippen LogP contribution < -0.4 is 10.3 Å². The second kappa shape index (κ2) is 7.51. The minimum Gasteiger partial charge on any atom is -0.225 e. The Bertz CT molecular complexity index is 905. The van der Waals surface area contributed by atoms with Crippen LogP contribution in [0.3, 0.4) is 0 Å². The molecule has 0 saturated carbocycles. The third kappa shape index (κ3) is 5.61. The van der Waals surface area contributed by atoms with Crippen LogP contribution in [0.4, 0.5) is 0 Å². The smallest absolute Gasteiger partial charge is 0.225 e. The van der Waals surface area contributed by atoms with Crippen molar-refractivity contribution in [3.8, 4) is 0 Å². The van der Waals surface area contributed by atoms with Crippen molar-refractivity contribution in [1.29, 1.82) is 0 Å². The van der Waals surface area contributed by atoms with Gasteiger partial charge in [0.15, 0.2) is 0 Å². The maximum atomic E-state index is 10.9. The largest absolute Gasteiger partial charge is 0.238 e. The number of nitrogens with two attached hydrogens (primary N) is 2. The summed E-state index contributed by atoms with van der Waals surface area (Å²) in [4.78, 5) is 0.306. The first kappa shape index (κ1) is 19.0. The number of hydrogen-bond acceptors (Lipinski definition) is 4. The third-order valence-electron chi connectivity index (χ3n) is 2.85. The molecule has 0 aromatic heterocycles. The molecule has 0 bridgehead atoms. The molecule has 0 atom stereocenters. The molecule has 0 unspecified atom stereocenters.